The highest BCUT2D eigenvalue weighted by molar-refractivity contribution is 5.50. The van der Waals surface area contributed by atoms with Crippen molar-refractivity contribution < 1.29 is 5.11 Å². The van der Waals surface area contributed by atoms with Crippen LogP contribution in [0.5, 0.6) is 0 Å². The number of anilines is 2. The summed E-state index contributed by atoms with van der Waals surface area (Å²) >= 11 is 0. The standard InChI is InChI=1S/C14H22N4O/c1-2-3-13-16-12(15)8-14(17-13)18-9-4-5-10(18)7-11(19)6-9/h8-11,19H,2-7H2,1H3,(H2,15,16,17). The third kappa shape index (κ3) is 2.39. The smallest absolute Gasteiger partial charge is 0.134 e. The lowest BCUT2D eigenvalue weighted by molar-refractivity contribution is 0.126. The van der Waals surface area contributed by atoms with Crippen LogP contribution in [0.2, 0.25) is 0 Å². The van der Waals surface area contributed by atoms with Gasteiger partial charge in [0.25, 0.3) is 0 Å². The van der Waals surface area contributed by atoms with Crippen molar-refractivity contribution in [3.63, 3.8) is 0 Å². The summed E-state index contributed by atoms with van der Waals surface area (Å²) in [7, 11) is 0. The fraction of sp³-hybridized carbons (Fsp3) is 0.714. The van der Waals surface area contributed by atoms with E-state index in [4.69, 9.17) is 5.73 Å². The van der Waals surface area contributed by atoms with E-state index in [1.54, 1.807) is 0 Å². The van der Waals surface area contributed by atoms with E-state index in [1.165, 1.54) is 0 Å². The molecule has 19 heavy (non-hydrogen) atoms. The van der Waals surface area contributed by atoms with Crippen molar-refractivity contribution in [2.24, 2.45) is 0 Å². The van der Waals surface area contributed by atoms with Crippen molar-refractivity contribution in [3.05, 3.63) is 11.9 Å². The molecule has 0 spiro atoms. The highest BCUT2D eigenvalue weighted by Gasteiger charge is 2.41. The number of rotatable bonds is 3. The van der Waals surface area contributed by atoms with Crippen LogP contribution in [-0.4, -0.2) is 33.3 Å². The molecule has 104 valence electrons. The summed E-state index contributed by atoms with van der Waals surface area (Å²) in [6, 6.07) is 2.71. The molecular weight excluding hydrogens is 240 g/mol. The SMILES string of the molecule is CCCc1nc(N)cc(N2C3CCC2CC(O)C3)n1. The number of hydrogen-bond acceptors (Lipinski definition) is 5. The average molecular weight is 262 g/mol. The van der Waals surface area contributed by atoms with E-state index >= 15 is 0 Å². The molecule has 2 saturated heterocycles. The summed E-state index contributed by atoms with van der Waals surface area (Å²) < 4.78 is 0. The van der Waals surface area contributed by atoms with Crippen LogP contribution in [0.25, 0.3) is 0 Å². The van der Waals surface area contributed by atoms with E-state index in [1.807, 2.05) is 6.07 Å². The monoisotopic (exact) mass is 262 g/mol. The first kappa shape index (κ1) is 12.7. The van der Waals surface area contributed by atoms with Gasteiger partial charge in [-0.2, -0.15) is 0 Å². The Hall–Kier alpha value is -1.36. The van der Waals surface area contributed by atoms with Gasteiger partial charge in [0.05, 0.1) is 6.10 Å². The lowest BCUT2D eigenvalue weighted by atomic mass is 10.00. The minimum Gasteiger partial charge on any atom is -0.393 e. The number of aliphatic hydroxyl groups excluding tert-OH is 1. The average Bonchev–Trinajstić information content (AvgIpc) is 2.61. The highest BCUT2D eigenvalue weighted by atomic mass is 16.3. The molecule has 0 aliphatic carbocycles. The van der Waals surface area contributed by atoms with Crippen LogP contribution < -0.4 is 10.6 Å². The van der Waals surface area contributed by atoms with Crippen LogP contribution in [0.4, 0.5) is 11.6 Å². The minimum absolute atomic E-state index is 0.150. The Morgan fingerprint density at radius 3 is 2.63 bits per heavy atom. The van der Waals surface area contributed by atoms with Gasteiger partial charge in [0, 0.05) is 24.6 Å². The molecule has 0 radical (unpaired) electrons. The Kier molecular flexibility index (Phi) is 3.31. The first-order valence-electron chi connectivity index (χ1n) is 7.27. The normalized spacial score (nSPS) is 29.8. The lowest BCUT2D eigenvalue weighted by Gasteiger charge is -2.38. The van der Waals surface area contributed by atoms with Crippen molar-refractivity contribution in [2.75, 3.05) is 10.6 Å². The molecule has 2 aliphatic rings. The molecule has 2 fully saturated rings. The van der Waals surface area contributed by atoms with Crippen molar-refractivity contribution in [1.29, 1.82) is 0 Å². The first-order valence-corrected chi connectivity index (χ1v) is 7.27. The van der Waals surface area contributed by atoms with Gasteiger partial charge in [-0.3, -0.25) is 0 Å². The maximum atomic E-state index is 9.86. The number of aromatic nitrogens is 2. The zero-order chi connectivity index (χ0) is 13.4. The number of nitrogens with two attached hydrogens (primary N) is 1. The summed E-state index contributed by atoms with van der Waals surface area (Å²) in [5.41, 5.74) is 5.91. The Bertz CT molecular complexity index is 451. The molecule has 2 unspecified atom stereocenters. The maximum absolute atomic E-state index is 9.86. The fourth-order valence-corrected chi connectivity index (χ4v) is 3.49. The van der Waals surface area contributed by atoms with Gasteiger partial charge in [-0.05, 0) is 32.1 Å². The van der Waals surface area contributed by atoms with Gasteiger partial charge in [0.2, 0.25) is 0 Å². The summed E-state index contributed by atoms with van der Waals surface area (Å²) in [6.07, 6.45) is 5.73. The van der Waals surface area contributed by atoms with Gasteiger partial charge in [0.15, 0.2) is 0 Å². The summed E-state index contributed by atoms with van der Waals surface area (Å²) in [5, 5.41) is 9.86. The molecule has 0 aromatic carbocycles. The number of fused-ring (bicyclic) bond motifs is 2. The predicted molar refractivity (Wildman–Crippen MR) is 75.0 cm³/mol. The number of nitrogens with zero attached hydrogens (tertiary/aromatic N) is 3. The minimum atomic E-state index is -0.150. The topological polar surface area (TPSA) is 75.3 Å². The van der Waals surface area contributed by atoms with Gasteiger partial charge in [0.1, 0.15) is 17.5 Å². The van der Waals surface area contributed by atoms with Crippen molar-refractivity contribution >= 4 is 11.6 Å². The van der Waals surface area contributed by atoms with Crippen LogP contribution in [0.3, 0.4) is 0 Å². The van der Waals surface area contributed by atoms with E-state index < -0.39 is 0 Å². The zero-order valence-corrected chi connectivity index (χ0v) is 11.4. The molecule has 5 heteroatoms. The second kappa shape index (κ2) is 4.96. The molecule has 0 amide bonds. The van der Waals surface area contributed by atoms with Gasteiger partial charge < -0.3 is 15.7 Å². The second-order valence-corrected chi connectivity index (χ2v) is 5.73. The Morgan fingerprint density at radius 1 is 1.32 bits per heavy atom. The van der Waals surface area contributed by atoms with Crippen molar-refractivity contribution in [1.82, 2.24) is 9.97 Å². The van der Waals surface area contributed by atoms with Gasteiger partial charge in [-0.15, -0.1) is 0 Å². The first-order chi connectivity index (χ1) is 9.17. The maximum Gasteiger partial charge on any atom is 0.134 e. The van der Waals surface area contributed by atoms with Crippen molar-refractivity contribution in [3.8, 4) is 0 Å². The number of aliphatic hydroxyl groups is 1. The van der Waals surface area contributed by atoms with E-state index in [0.717, 1.165) is 50.2 Å². The van der Waals surface area contributed by atoms with E-state index in [9.17, 15) is 5.11 Å². The number of hydrogen-bond donors (Lipinski definition) is 2. The molecule has 1 aromatic rings. The molecule has 3 rings (SSSR count). The third-order valence-corrected chi connectivity index (χ3v) is 4.23. The molecule has 2 aliphatic heterocycles. The van der Waals surface area contributed by atoms with Gasteiger partial charge >= 0.3 is 0 Å². The van der Waals surface area contributed by atoms with Gasteiger partial charge in [-0.25, -0.2) is 9.97 Å². The van der Waals surface area contributed by atoms with Crippen LogP contribution >= 0.6 is 0 Å². The number of piperidine rings is 1. The highest BCUT2D eigenvalue weighted by Crippen LogP contribution is 2.38. The van der Waals surface area contributed by atoms with Crippen LogP contribution in [-0.2, 0) is 6.42 Å². The van der Waals surface area contributed by atoms with Crippen molar-refractivity contribution in [2.45, 2.75) is 63.6 Å². The molecule has 1 aromatic heterocycles. The Morgan fingerprint density at radius 2 is 2.00 bits per heavy atom. The largest absolute Gasteiger partial charge is 0.393 e. The lowest BCUT2D eigenvalue weighted by Crippen LogP contribution is -2.45. The van der Waals surface area contributed by atoms with E-state index in [-0.39, 0.29) is 6.10 Å². The van der Waals surface area contributed by atoms with Crippen LogP contribution in [0.15, 0.2) is 6.07 Å². The molecule has 2 atom stereocenters. The number of nitrogen functional groups attached to an aromatic ring is 1. The predicted octanol–water partition coefficient (Wildman–Crippen LogP) is 1.50. The number of aryl methyl sites for hydroxylation is 1. The Labute approximate surface area is 113 Å². The summed E-state index contributed by atoms with van der Waals surface area (Å²) in [6.45, 7) is 2.12. The van der Waals surface area contributed by atoms with Gasteiger partial charge in [-0.1, -0.05) is 6.92 Å². The van der Waals surface area contributed by atoms with E-state index in [2.05, 4.69) is 21.8 Å². The van der Waals surface area contributed by atoms with Crippen LogP contribution in [0, 0.1) is 0 Å². The fourth-order valence-electron chi connectivity index (χ4n) is 3.49. The zero-order valence-electron chi connectivity index (χ0n) is 11.4. The molecule has 2 bridgehead atoms. The molecule has 5 nitrogen and oxygen atoms in total. The second-order valence-electron chi connectivity index (χ2n) is 5.73. The molecular formula is C14H22N4O. The van der Waals surface area contributed by atoms with E-state index in [0.29, 0.717) is 17.9 Å². The summed E-state index contributed by atoms with van der Waals surface area (Å²) in [4.78, 5) is 11.3. The molecule has 3 heterocycles. The Balaban J connectivity index is 1.90. The molecule has 3 N–H and O–H groups in total. The van der Waals surface area contributed by atoms with Crippen LogP contribution in [0.1, 0.15) is 44.9 Å². The molecule has 0 saturated carbocycles. The third-order valence-electron chi connectivity index (χ3n) is 4.23. The quantitative estimate of drug-likeness (QED) is 0.863. The summed E-state index contributed by atoms with van der Waals surface area (Å²) in [5.74, 6) is 2.34.